The van der Waals surface area contributed by atoms with Crippen molar-refractivity contribution >= 4 is 17.8 Å². The van der Waals surface area contributed by atoms with Crippen LogP contribution in [0.4, 0.5) is 10.6 Å². The molecule has 1 aliphatic carbocycles. The molecule has 0 radical (unpaired) electrons. The van der Waals surface area contributed by atoms with E-state index in [4.69, 9.17) is 4.74 Å². The highest BCUT2D eigenvalue weighted by atomic mass is 16.6. The van der Waals surface area contributed by atoms with E-state index >= 15 is 0 Å². The number of H-pyrrole nitrogens is 1. The molecule has 0 aromatic carbocycles. The van der Waals surface area contributed by atoms with Gasteiger partial charge in [-0.3, -0.25) is 9.89 Å². The van der Waals surface area contributed by atoms with Gasteiger partial charge in [0.05, 0.1) is 12.5 Å². The molecule has 140 valence electrons. The van der Waals surface area contributed by atoms with Crippen molar-refractivity contribution in [2.45, 2.75) is 51.2 Å². The molecule has 26 heavy (non-hydrogen) atoms. The number of amides is 2. The van der Waals surface area contributed by atoms with Crippen molar-refractivity contribution in [3.63, 3.8) is 0 Å². The van der Waals surface area contributed by atoms with Gasteiger partial charge in [-0.1, -0.05) is 0 Å². The van der Waals surface area contributed by atoms with Gasteiger partial charge in [0.15, 0.2) is 5.82 Å². The third-order valence-corrected chi connectivity index (χ3v) is 4.39. The summed E-state index contributed by atoms with van der Waals surface area (Å²) in [5, 5.41) is 12.6. The van der Waals surface area contributed by atoms with Crippen LogP contribution in [0.25, 0.3) is 0 Å². The van der Waals surface area contributed by atoms with Crippen molar-refractivity contribution in [2.75, 3.05) is 5.32 Å². The smallest absolute Gasteiger partial charge is 0.407 e. The molecule has 1 saturated carbocycles. The maximum Gasteiger partial charge on any atom is 0.407 e. The SMILES string of the molecule is CC(C)NC(=O)OC1CC[C@H](c2cc(NC(=O)c3cncn3C)n[nH]2)C1. The van der Waals surface area contributed by atoms with Gasteiger partial charge in [-0.05, 0) is 33.1 Å². The molecule has 0 bridgehead atoms. The monoisotopic (exact) mass is 360 g/mol. The van der Waals surface area contributed by atoms with Gasteiger partial charge >= 0.3 is 6.09 Å². The molecule has 0 aliphatic heterocycles. The Morgan fingerprint density at radius 3 is 2.88 bits per heavy atom. The summed E-state index contributed by atoms with van der Waals surface area (Å²) >= 11 is 0. The number of nitrogens with zero attached hydrogens (tertiary/aromatic N) is 3. The number of imidazole rings is 1. The van der Waals surface area contributed by atoms with Gasteiger partial charge in [0.2, 0.25) is 0 Å². The number of alkyl carbamates (subject to hydrolysis) is 1. The summed E-state index contributed by atoms with van der Waals surface area (Å²) in [4.78, 5) is 27.8. The highest BCUT2D eigenvalue weighted by Gasteiger charge is 2.30. The minimum absolute atomic E-state index is 0.0536. The van der Waals surface area contributed by atoms with Gasteiger partial charge in [0.25, 0.3) is 5.91 Å². The van der Waals surface area contributed by atoms with Crippen LogP contribution in [0.2, 0.25) is 0 Å². The van der Waals surface area contributed by atoms with Crippen LogP contribution in [0.15, 0.2) is 18.6 Å². The summed E-state index contributed by atoms with van der Waals surface area (Å²) in [5.74, 6) is 0.427. The molecule has 0 spiro atoms. The quantitative estimate of drug-likeness (QED) is 0.756. The predicted molar refractivity (Wildman–Crippen MR) is 94.9 cm³/mol. The standard InChI is InChI=1S/C17H24N6O3/c1-10(2)19-17(25)26-12-5-4-11(6-12)13-7-15(22-21-13)20-16(24)14-8-18-9-23(14)3/h7-12H,4-6H2,1-3H3,(H,19,25)(H2,20,21,22,24)/t11-,12?/m0/s1. The Morgan fingerprint density at radius 2 is 2.19 bits per heavy atom. The molecule has 1 unspecified atom stereocenters. The van der Waals surface area contributed by atoms with Crippen LogP contribution in [-0.2, 0) is 11.8 Å². The normalized spacial score (nSPS) is 19.5. The molecule has 9 nitrogen and oxygen atoms in total. The summed E-state index contributed by atoms with van der Waals surface area (Å²) in [7, 11) is 1.76. The molecule has 2 atom stereocenters. The highest BCUT2D eigenvalue weighted by molar-refractivity contribution is 6.02. The lowest BCUT2D eigenvalue weighted by molar-refractivity contribution is 0.0979. The number of carbonyl (C=O) groups excluding carboxylic acids is 2. The summed E-state index contributed by atoms with van der Waals surface area (Å²) in [6.45, 7) is 3.79. The lowest BCUT2D eigenvalue weighted by Gasteiger charge is -2.14. The van der Waals surface area contributed by atoms with E-state index in [-0.39, 0.29) is 30.1 Å². The van der Waals surface area contributed by atoms with E-state index < -0.39 is 0 Å². The number of hydrogen-bond donors (Lipinski definition) is 3. The maximum atomic E-state index is 12.2. The van der Waals surface area contributed by atoms with Crippen LogP contribution in [-0.4, -0.2) is 43.9 Å². The summed E-state index contributed by atoms with van der Waals surface area (Å²) < 4.78 is 7.09. The van der Waals surface area contributed by atoms with E-state index in [1.54, 1.807) is 17.9 Å². The number of anilines is 1. The van der Waals surface area contributed by atoms with Crippen LogP contribution in [0.3, 0.4) is 0 Å². The fourth-order valence-electron chi connectivity index (χ4n) is 3.12. The fraction of sp³-hybridized carbons (Fsp3) is 0.529. The highest BCUT2D eigenvalue weighted by Crippen LogP contribution is 2.35. The first-order valence-electron chi connectivity index (χ1n) is 8.72. The van der Waals surface area contributed by atoms with E-state index in [0.29, 0.717) is 11.5 Å². The molecule has 2 aromatic heterocycles. The third-order valence-electron chi connectivity index (χ3n) is 4.39. The molecular formula is C17H24N6O3. The van der Waals surface area contributed by atoms with E-state index in [9.17, 15) is 9.59 Å². The van der Waals surface area contributed by atoms with Crippen molar-refractivity contribution in [1.29, 1.82) is 0 Å². The number of nitrogens with one attached hydrogen (secondary N) is 3. The Balaban J connectivity index is 1.54. The Morgan fingerprint density at radius 1 is 1.38 bits per heavy atom. The third kappa shape index (κ3) is 4.22. The zero-order valence-corrected chi connectivity index (χ0v) is 15.2. The topological polar surface area (TPSA) is 114 Å². The Bertz CT molecular complexity index is 781. The minimum atomic E-state index is -0.376. The largest absolute Gasteiger partial charge is 0.446 e. The van der Waals surface area contributed by atoms with Crippen LogP contribution < -0.4 is 10.6 Å². The fourth-order valence-corrected chi connectivity index (χ4v) is 3.12. The second kappa shape index (κ2) is 7.59. The van der Waals surface area contributed by atoms with Gasteiger partial charge in [-0.2, -0.15) is 5.10 Å². The molecular weight excluding hydrogens is 336 g/mol. The number of aromatic amines is 1. The Labute approximate surface area is 151 Å². The van der Waals surface area contributed by atoms with Gasteiger partial charge in [0.1, 0.15) is 11.8 Å². The van der Waals surface area contributed by atoms with Crippen molar-refractivity contribution in [3.05, 3.63) is 30.0 Å². The van der Waals surface area contributed by atoms with Crippen molar-refractivity contribution in [1.82, 2.24) is 25.1 Å². The molecule has 3 rings (SSSR count). The summed E-state index contributed by atoms with van der Waals surface area (Å²) in [5.41, 5.74) is 1.39. The van der Waals surface area contributed by atoms with Gasteiger partial charge < -0.3 is 19.9 Å². The van der Waals surface area contributed by atoms with E-state index in [2.05, 4.69) is 25.8 Å². The first-order valence-corrected chi connectivity index (χ1v) is 8.72. The summed E-state index contributed by atoms with van der Waals surface area (Å²) in [6.07, 6.45) is 5.04. The van der Waals surface area contributed by atoms with Crippen LogP contribution in [0.1, 0.15) is 55.2 Å². The second-order valence-corrected chi connectivity index (χ2v) is 6.89. The molecule has 2 heterocycles. The van der Waals surface area contributed by atoms with Crippen molar-refractivity contribution in [2.24, 2.45) is 7.05 Å². The number of hydrogen-bond acceptors (Lipinski definition) is 5. The first kappa shape index (κ1) is 18.0. The zero-order valence-electron chi connectivity index (χ0n) is 15.2. The second-order valence-electron chi connectivity index (χ2n) is 6.89. The number of aryl methyl sites for hydroxylation is 1. The number of carbonyl (C=O) groups is 2. The summed E-state index contributed by atoms with van der Waals surface area (Å²) in [6, 6.07) is 1.88. The van der Waals surface area contributed by atoms with Gasteiger partial charge in [-0.15, -0.1) is 0 Å². The van der Waals surface area contributed by atoms with Crippen molar-refractivity contribution < 1.29 is 14.3 Å². The molecule has 2 aromatic rings. The minimum Gasteiger partial charge on any atom is -0.446 e. The molecule has 0 saturated heterocycles. The Hall–Kier alpha value is -2.84. The van der Waals surface area contributed by atoms with E-state index in [1.807, 2.05) is 19.9 Å². The van der Waals surface area contributed by atoms with Gasteiger partial charge in [0, 0.05) is 30.8 Å². The van der Waals surface area contributed by atoms with E-state index in [0.717, 1.165) is 25.0 Å². The van der Waals surface area contributed by atoms with Crippen molar-refractivity contribution in [3.8, 4) is 0 Å². The number of rotatable bonds is 5. The maximum absolute atomic E-state index is 12.2. The average molecular weight is 360 g/mol. The van der Waals surface area contributed by atoms with Gasteiger partial charge in [-0.25, -0.2) is 9.78 Å². The lowest BCUT2D eigenvalue weighted by Crippen LogP contribution is -2.33. The molecule has 2 amide bonds. The van der Waals surface area contributed by atoms with Crippen LogP contribution in [0.5, 0.6) is 0 Å². The molecule has 1 aliphatic rings. The number of ether oxygens (including phenoxy) is 1. The van der Waals surface area contributed by atoms with Crippen LogP contribution in [0, 0.1) is 0 Å². The molecule has 3 N–H and O–H groups in total. The van der Waals surface area contributed by atoms with Crippen LogP contribution >= 0.6 is 0 Å². The van der Waals surface area contributed by atoms with E-state index in [1.165, 1.54) is 6.20 Å². The zero-order chi connectivity index (χ0) is 18.7. The molecule has 1 fully saturated rings. The predicted octanol–water partition coefficient (Wildman–Crippen LogP) is 2.17. The Kier molecular flexibility index (Phi) is 5.24. The number of aromatic nitrogens is 4. The molecule has 9 heteroatoms. The average Bonchev–Trinajstić information content (AvgIpc) is 3.27. The lowest BCUT2D eigenvalue weighted by atomic mass is 10.0. The first-order chi connectivity index (χ1) is 12.4.